The van der Waals surface area contributed by atoms with Gasteiger partial charge < -0.3 is 4.90 Å². The van der Waals surface area contributed by atoms with Crippen LogP contribution in [-0.4, -0.2) is 60.4 Å². The summed E-state index contributed by atoms with van der Waals surface area (Å²) in [5.41, 5.74) is 1.73. The maximum absolute atomic E-state index is 12.5. The van der Waals surface area contributed by atoms with Crippen molar-refractivity contribution in [1.29, 1.82) is 0 Å². The zero-order valence-corrected chi connectivity index (χ0v) is 15.4. The van der Waals surface area contributed by atoms with Gasteiger partial charge in [0.05, 0.1) is 5.75 Å². The molecule has 0 saturated carbocycles. The summed E-state index contributed by atoms with van der Waals surface area (Å²) in [6.07, 6.45) is 4.52. The second kappa shape index (κ2) is 8.42. The molecule has 1 amide bonds. The van der Waals surface area contributed by atoms with Crippen LogP contribution in [0.4, 0.5) is 0 Å². The normalized spacial score (nSPS) is 15.8. The lowest BCUT2D eigenvalue weighted by molar-refractivity contribution is 0.0698. The van der Waals surface area contributed by atoms with Crippen molar-refractivity contribution in [1.82, 2.24) is 14.2 Å². The van der Waals surface area contributed by atoms with Crippen LogP contribution in [0.5, 0.6) is 0 Å². The minimum atomic E-state index is -3.28. The monoisotopic (exact) mass is 373 g/mol. The van der Waals surface area contributed by atoms with E-state index in [4.69, 9.17) is 0 Å². The Kier molecular flexibility index (Phi) is 6.00. The highest BCUT2D eigenvalue weighted by atomic mass is 32.2. The molecule has 1 aromatic heterocycles. The summed E-state index contributed by atoms with van der Waals surface area (Å²) in [6.45, 7) is 1.53. The van der Waals surface area contributed by atoms with Crippen molar-refractivity contribution in [3.8, 4) is 0 Å². The van der Waals surface area contributed by atoms with Crippen molar-refractivity contribution in [2.45, 2.75) is 12.8 Å². The molecule has 0 spiro atoms. The van der Waals surface area contributed by atoms with Gasteiger partial charge in [-0.15, -0.1) is 0 Å². The first-order valence-corrected chi connectivity index (χ1v) is 10.4. The van der Waals surface area contributed by atoms with E-state index >= 15 is 0 Å². The molecule has 0 atom stereocenters. The van der Waals surface area contributed by atoms with Crippen LogP contribution in [0.25, 0.3) is 0 Å². The average Bonchev–Trinajstić information content (AvgIpc) is 2.69. The molecule has 2 heterocycles. The maximum Gasteiger partial charge on any atom is 0.254 e. The molecule has 1 aliphatic rings. The summed E-state index contributed by atoms with van der Waals surface area (Å²) in [6, 6.07) is 13.2. The van der Waals surface area contributed by atoms with Gasteiger partial charge in [0.15, 0.2) is 0 Å². The second-order valence-corrected chi connectivity index (χ2v) is 8.42. The zero-order chi connectivity index (χ0) is 18.4. The van der Waals surface area contributed by atoms with E-state index in [2.05, 4.69) is 4.98 Å². The quantitative estimate of drug-likeness (QED) is 0.774. The van der Waals surface area contributed by atoms with Crippen LogP contribution in [0.15, 0.2) is 54.9 Å². The lowest BCUT2D eigenvalue weighted by Crippen LogP contribution is -2.51. The third kappa shape index (κ3) is 4.68. The Morgan fingerprint density at radius 1 is 0.962 bits per heavy atom. The Hall–Kier alpha value is -2.25. The van der Waals surface area contributed by atoms with Crippen molar-refractivity contribution in [3.63, 3.8) is 0 Å². The third-order valence-corrected chi connectivity index (χ3v) is 6.51. The molecule has 1 aromatic carbocycles. The third-order valence-electron chi connectivity index (χ3n) is 4.56. The van der Waals surface area contributed by atoms with Gasteiger partial charge in [-0.25, -0.2) is 8.42 Å². The molecule has 0 aliphatic carbocycles. The molecule has 7 heteroatoms. The smallest absolute Gasteiger partial charge is 0.254 e. The van der Waals surface area contributed by atoms with E-state index in [-0.39, 0.29) is 11.7 Å². The first kappa shape index (κ1) is 18.5. The van der Waals surface area contributed by atoms with Crippen molar-refractivity contribution < 1.29 is 13.2 Å². The number of amides is 1. The molecule has 0 radical (unpaired) electrons. The summed E-state index contributed by atoms with van der Waals surface area (Å²) in [5.74, 6) is 0.0636. The topological polar surface area (TPSA) is 70.6 Å². The molecule has 0 bridgehead atoms. The fraction of sp³-hybridized carbons (Fsp3) is 0.368. The Morgan fingerprint density at radius 3 is 2.27 bits per heavy atom. The first-order valence-electron chi connectivity index (χ1n) is 8.77. The highest BCUT2D eigenvalue weighted by Gasteiger charge is 2.28. The molecule has 3 rings (SSSR count). The standard InChI is InChI=1S/C19H23N3O3S/c23-19(18-8-10-20-11-9-18)21-12-14-22(15-13-21)26(24,25)16-4-7-17-5-2-1-3-6-17/h1-3,5-6,8-11H,4,7,12-16H2. The van der Waals surface area contributed by atoms with Gasteiger partial charge in [-0.05, 0) is 30.5 Å². The Labute approximate surface area is 154 Å². The molecule has 1 saturated heterocycles. The molecule has 1 fully saturated rings. The van der Waals surface area contributed by atoms with E-state index in [1.165, 1.54) is 4.31 Å². The number of piperazine rings is 1. The summed E-state index contributed by atoms with van der Waals surface area (Å²) < 4.78 is 26.6. The molecule has 2 aromatic rings. The predicted molar refractivity (Wildman–Crippen MR) is 100 cm³/mol. The van der Waals surface area contributed by atoms with Crippen LogP contribution >= 0.6 is 0 Å². The van der Waals surface area contributed by atoms with Crippen molar-refractivity contribution in [2.75, 3.05) is 31.9 Å². The lowest BCUT2D eigenvalue weighted by atomic mass is 10.1. The fourth-order valence-electron chi connectivity index (χ4n) is 3.08. The molecule has 0 N–H and O–H groups in total. The zero-order valence-electron chi connectivity index (χ0n) is 14.6. The highest BCUT2D eigenvalue weighted by molar-refractivity contribution is 7.89. The van der Waals surface area contributed by atoms with Gasteiger partial charge in [-0.2, -0.15) is 4.31 Å². The number of carbonyl (C=O) groups is 1. The van der Waals surface area contributed by atoms with E-state index < -0.39 is 10.0 Å². The highest BCUT2D eigenvalue weighted by Crippen LogP contribution is 2.13. The second-order valence-electron chi connectivity index (χ2n) is 6.33. The van der Waals surface area contributed by atoms with E-state index in [9.17, 15) is 13.2 Å². The van der Waals surface area contributed by atoms with Gasteiger partial charge in [-0.3, -0.25) is 9.78 Å². The number of aryl methyl sites for hydroxylation is 1. The Balaban J connectivity index is 1.49. The minimum Gasteiger partial charge on any atom is -0.336 e. The lowest BCUT2D eigenvalue weighted by Gasteiger charge is -2.34. The largest absolute Gasteiger partial charge is 0.336 e. The van der Waals surface area contributed by atoms with E-state index in [0.29, 0.717) is 38.2 Å². The Morgan fingerprint density at radius 2 is 1.62 bits per heavy atom. The summed E-state index contributed by atoms with van der Waals surface area (Å²) in [4.78, 5) is 18.0. The van der Waals surface area contributed by atoms with Crippen molar-refractivity contribution in [2.24, 2.45) is 0 Å². The van der Waals surface area contributed by atoms with Crippen LogP contribution in [-0.2, 0) is 16.4 Å². The Bertz CT molecular complexity index is 818. The number of sulfonamides is 1. The molecule has 26 heavy (non-hydrogen) atoms. The van der Waals surface area contributed by atoms with Crippen molar-refractivity contribution in [3.05, 3.63) is 66.0 Å². The molecular formula is C19H23N3O3S. The van der Waals surface area contributed by atoms with E-state index in [1.807, 2.05) is 30.3 Å². The van der Waals surface area contributed by atoms with Crippen LogP contribution in [0, 0.1) is 0 Å². The van der Waals surface area contributed by atoms with Gasteiger partial charge in [0, 0.05) is 44.1 Å². The molecule has 6 nitrogen and oxygen atoms in total. The maximum atomic E-state index is 12.5. The number of rotatable bonds is 6. The van der Waals surface area contributed by atoms with Gasteiger partial charge in [0.1, 0.15) is 0 Å². The van der Waals surface area contributed by atoms with Crippen LogP contribution < -0.4 is 0 Å². The van der Waals surface area contributed by atoms with Crippen LogP contribution in [0.2, 0.25) is 0 Å². The number of carbonyl (C=O) groups excluding carboxylic acids is 1. The SMILES string of the molecule is O=C(c1ccncc1)N1CCN(S(=O)(=O)CCCc2ccccc2)CC1. The number of hydrogen-bond acceptors (Lipinski definition) is 4. The van der Waals surface area contributed by atoms with Gasteiger partial charge in [0.25, 0.3) is 5.91 Å². The van der Waals surface area contributed by atoms with Gasteiger partial charge in [0.2, 0.25) is 10.0 Å². The number of nitrogens with zero attached hydrogens (tertiary/aromatic N) is 3. The van der Waals surface area contributed by atoms with Gasteiger partial charge >= 0.3 is 0 Å². The number of pyridine rings is 1. The van der Waals surface area contributed by atoms with Crippen LogP contribution in [0.3, 0.4) is 0 Å². The molecule has 1 aliphatic heterocycles. The number of hydrogen-bond donors (Lipinski definition) is 0. The minimum absolute atomic E-state index is 0.0754. The molecule has 138 valence electrons. The van der Waals surface area contributed by atoms with E-state index in [1.54, 1.807) is 29.4 Å². The number of aromatic nitrogens is 1. The summed E-state index contributed by atoms with van der Waals surface area (Å²) in [7, 11) is -3.28. The van der Waals surface area contributed by atoms with E-state index in [0.717, 1.165) is 12.0 Å². The van der Waals surface area contributed by atoms with Gasteiger partial charge in [-0.1, -0.05) is 30.3 Å². The summed E-state index contributed by atoms with van der Waals surface area (Å²) in [5, 5.41) is 0. The molecule has 0 unspecified atom stereocenters. The molecular weight excluding hydrogens is 350 g/mol. The van der Waals surface area contributed by atoms with Crippen molar-refractivity contribution >= 4 is 15.9 Å². The number of benzene rings is 1. The van der Waals surface area contributed by atoms with Crippen LogP contribution in [0.1, 0.15) is 22.3 Å². The first-order chi connectivity index (χ1) is 12.6. The average molecular weight is 373 g/mol. The summed E-state index contributed by atoms with van der Waals surface area (Å²) >= 11 is 0. The fourth-order valence-corrected chi connectivity index (χ4v) is 4.57. The predicted octanol–water partition coefficient (Wildman–Crippen LogP) is 1.80.